The van der Waals surface area contributed by atoms with Gasteiger partial charge in [-0.2, -0.15) is 0 Å². The van der Waals surface area contributed by atoms with E-state index in [1.54, 1.807) is 0 Å². The molecule has 0 aliphatic carbocycles. The predicted octanol–water partition coefficient (Wildman–Crippen LogP) is 3.72. The van der Waals surface area contributed by atoms with Crippen LogP contribution >= 0.6 is 79.9 Å². The van der Waals surface area contributed by atoms with Crippen molar-refractivity contribution in [1.82, 2.24) is 0 Å². The summed E-state index contributed by atoms with van der Waals surface area (Å²) in [6.07, 6.45) is 0. The molecule has 0 nitrogen and oxygen atoms in total. The van der Waals surface area contributed by atoms with Crippen LogP contribution < -0.4 is 0 Å². The van der Waals surface area contributed by atoms with Gasteiger partial charge in [0.25, 0.3) is 0 Å². The molecule has 0 aromatic heterocycles. The van der Waals surface area contributed by atoms with Gasteiger partial charge in [0.15, 0.2) is 0 Å². The minimum Gasteiger partial charge on any atom is -0.107 e. The summed E-state index contributed by atoms with van der Waals surface area (Å²) in [6.45, 7) is 0. The summed E-state index contributed by atoms with van der Waals surface area (Å²) < 4.78 is 0. The van der Waals surface area contributed by atoms with Crippen molar-refractivity contribution in [2.75, 3.05) is 0 Å². The molecule has 0 fully saturated rings. The number of hydrogen-bond donors (Lipinski definition) is 0. The third-order valence-corrected chi connectivity index (χ3v) is 0. The fourth-order valence-corrected chi connectivity index (χ4v) is 0. The molecule has 11 heteroatoms. The largest absolute Gasteiger partial charge is 0.107 e. The van der Waals surface area contributed by atoms with Crippen LogP contribution in [0.15, 0.2) is 0 Å². The molecule has 0 amide bonds. The second-order valence-corrected chi connectivity index (χ2v) is 0. The minimum atomic E-state index is 0. The molecule has 0 spiro atoms. The third kappa shape index (κ3) is 86.8. The number of hydrogen-bond acceptors (Lipinski definition) is 1. The van der Waals surface area contributed by atoms with E-state index in [2.05, 4.69) is 19.8 Å². The quantitative estimate of drug-likeness (QED) is 0.272. The van der Waals surface area contributed by atoms with E-state index in [1.165, 1.54) is 0 Å². The SMILES string of the molecule is C.C.I.I.I.P=S.[Ar].[Ar].[Ar].[Ar].[Ar].[Ar]. The van der Waals surface area contributed by atoms with E-state index >= 15 is 0 Å². The summed E-state index contributed by atoms with van der Waals surface area (Å²) in [5, 5.41) is 0. The second kappa shape index (κ2) is 95.5. The van der Waals surface area contributed by atoms with E-state index in [-0.39, 0.29) is 313 Å². The maximum Gasteiger partial charge on any atom is 0 e. The summed E-state index contributed by atoms with van der Waals surface area (Å²) in [7, 11) is 2.56. The van der Waals surface area contributed by atoms with E-state index in [9.17, 15) is 0 Å². The Morgan fingerprint density at radius 3 is 0.462 bits per heavy atom. The molecule has 100 valence electrons. The summed E-state index contributed by atoms with van der Waals surface area (Å²) in [5.41, 5.74) is 0. The standard InChI is InChI=1S/2CH4.6Ar.3HI.HPS/c;;;;;;;;;;;1-2/h2*1H4;;;;;;;3*1H;1H. The Bertz CT molecular complexity index is 25.8. The molecule has 0 aromatic rings. The Kier molecular flexibility index (Phi) is 668. The summed E-state index contributed by atoms with van der Waals surface area (Å²) in [6, 6.07) is 0. The molecule has 0 aliphatic heterocycles. The van der Waals surface area contributed by atoms with Crippen LogP contribution in [0.5, 0.6) is 0 Å². The van der Waals surface area contributed by atoms with Crippen LogP contribution in [0.25, 0.3) is 0 Å². The molecule has 0 aliphatic rings. The van der Waals surface area contributed by atoms with Gasteiger partial charge in [0.2, 0.25) is 0 Å². The first-order chi connectivity index (χ1) is 1.00. The zero-order chi connectivity index (χ0) is 2.00. The molecule has 0 heterocycles. The first kappa shape index (κ1) is 90.9. The number of rotatable bonds is 0. The first-order valence-electron chi connectivity index (χ1n) is 0.204. The van der Waals surface area contributed by atoms with E-state index < -0.39 is 0 Å². The Labute approximate surface area is 322 Å². The van der Waals surface area contributed by atoms with Gasteiger partial charge in [0, 0.05) is 226 Å². The van der Waals surface area contributed by atoms with Crippen LogP contribution in [0.2, 0.25) is 0 Å². The van der Waals surface area contributed by atoms with Crippen molar-refractivity contribution < 1.29 is 226 Å². The molecular formula is C2H12Ar6I3PS. The number of halogens is 3. The van der Waals surface area contributed by atoms with Gasteiger partial charge in [-0.1, -0.05) is 26.7 Å². The Balaban J connectivity index is -0.0000000000909. The summed E-state index contributed by atoms with van der Waals surface area (Å²) in [5.74, 6) is 0. The van der Waals surface area contributed by atoms with E-state index in [0.29, 0.717) is 0 Å². The third-order valence-electron chi connectivity index (χ3n) is 0. The van der Waals surface area contributed by atoms with E-state index in [1.807, 2.05) is 0 Å². The van der Waals surface area contributed by atoms with Crippen LogP contribution in [0, 0.1) is 226 Å². The summed E-state index contributed by atoms with van der Waals surface area (Å²) >= 11 is 3.89. The van der Waals surface area contributed by atoms with Gasteiger partial charge in [-0.15, -0.1) is 71.9 Å². The monoisotopic (exact) mass is 720 g/mol. The average molecular weight is 720 g/mol. The van der Waals surface area contributed by atoms with Crippen molar-refractivity contribution in [3.8, 4) is 0 Å². The van der Waals surface area contributed by atoms with Gasteiger partial charge in [0.1, 0.15) is 0 Å². The van der Waals surface area contributed by atoms with Gasteiger partial charge in [-0.3, -0.25) is 0 Å². The Morgan fingerprint density at radius 2 is 0.462 bits per heavy atom. The normalized spacial score (nSPS) is 0.308. The van der Waals surface area contributed by atoms with Crippen LogP contribution in [0.1, 0.15) is 14.9 Å². The Hall–Kier alpha value is 10.3. The molecule has 0 aromatic carbocycles. The van der Waals surface area contributed by atoms with Gasteiger partial charge in [-0.05, 0) is 8.02 Å². The predicted molar refractivity (Wildman–Crippen MR) is 75.4 cm³/mol. The smallest absolute Gasteiger partial charge is 0 e. The maximum atomic E-state index is 3.89. The molecule has 0 radical (unpaired) electrons. The minimum absolute atomic E-state index is 0. The molecule has 0 saturated carbocycles. The molecule has 0 rings (SSSR count). The zero-order valence-corrected chi connectivity index (χ0v) is 17.3. The van der Waals surface area contributed by atoms with Crippen molar-refractivity contribution in [2.45, 2.75) is 14.9 Å². The molecule has 0 unspecified atom stereocenters. The second-order valence-electron chi connectivity index (χ2n) is 0. The summed E-state index contributed by atoms with van der Waals surface area (Å²) in [4.78, 5) is 0. The van der Waals surface area contributed by atoms with Gasteiger partial charge >= 0.3 is 0 Å². The molecule has 0 atom stereocenters. The maximum absolute atomic E-state index is 3.89. The van der Waals surface area contributed by atoms with Crippen molar-refractivity contribution >= 4 is 91.8 Å². The van der Waals surface area contributed by atoms with Crippen molar-refractivity contribution in [3.63, 3.8) is 0 Å². The van der Waals surface area contributed by atoms with Crippen LogP contribution in [0.3, 0.4) is 0 Å². The van der Waals surface area contributed by atoms with Crippen LogP contribution in [-0.4, -0.2) is 0 Å². The first-order valence-corrected chi connectivity index (χ1v) is 1.84. The molecule has 0 saturated heterocycles. The van der Waals surface area contributed by atoms with Gasteiger partial charge < -0.3 is 0 Å². The molecular weight excluding hydrogens is 707 g/mol. The fraction of sp³-hybridized carbons (Fsp3) is 1.00. The van der Waals surface area contributed by atoms with Crippen molar-refractivity contribution in [1.29, 1.82) is 0 Å². The molecule has 0 N–H and O–H groups in total. The molecule has 13 heavy (non-hydrogen) atoms. The zero-order valence-electron chi connectivity index (χ0n) is 4.25. The Morgan fingerprint density at radius 1 is 0.462 bits per heavy atom. The molecule has 0 bridgehead atoms. The fourth-order valence-electron chi connectivity index (χ4n) is 0. The van der Waals surface area contributed by atoms with Crippen LogP contribution in [0.4, 0.5) is 0 Å². The average Bonchev–Trinajstić information content (AvgIpc) is 1.00. The van der Waals surface area contributed by atoms with Crippen molar-refractivity contribution in [3.05, 3.63) is 0 Å². The van der Waals surface area contributed by atoms with Gasteiger partial charge in [-0.25, -0.2) is 0 Å². The van der Waals surface area contributed by atoms with Crippen LogP contribution in [-0.2, 0) is 11.8 Å². The van der Waals surface area contributed by atoms with Gasteiger partial charge in [0.05, 0.1) is 0 Å². The van der Waals surface area contributed by atoms with E-state index in [4.69, 9.17) is 0 Å². The van der Waals surface area contributed by atoms with E-state index in [0.717, 1.165) is 0 Å². The van der Waals surface area contributed by atoms with Crippen molar-refractivity contribution in [2.24, 2.45) is 0 Å². The topological polar surface area (TPSA) is 0 Å².